The SMILES string of the molecule is O=C(O)C1CCc2nc(NC3CC3)ncc2C1. The lowest BCUT2D eigenvalue weighted by Gasteiger charge is -2.20. The molecule has 2 aliphatic carbocycles. The largest absolute Gasteiger partial charge is 0.481 e. The van der Waals surface area contributed by atoms with Crippen molar-refractivity contribution >= 4 is 11.9 Å². The number of nitrogens with zero attached hydrogens (tertiary/aromatic N) is 2. The standard InChI is InChI=1S/C12H15N3O2/c16-11(17)7-1-4-10-8(5-7)6-13-12(15-10)14-9-2-3-9/h6-7,9H,1-5H2,(H,16,17)(H,13,14,15). The highest BCUT2D eigenvalue weighted by Gasteiger charge is 2.26. The molecule has 1 aromatic heterocycles. The number of hydrogen-bond acceptors (Lipinski definition) is 4. The molecule has 0 spiro atoms. The van der Waals surface area contributed by atoms with Crippen LogP contribution >= 0.6 is 0 Å². The number of aromatic nitrogens is 2. The minimum Gasteiger partial charge on any atom is -0.481 e. The molecule has 90 valence electrons. The minimum absolute atomic E-state index is 0.270. The fourth-order valence-electron chi connectivity index (χ4n) is 2.20. The molecule has 0 saturated heterocycles. The first-order valence-corrected chi connectivity index (χ1v) is 6.06. The van der Waals surface area contributed by atoms with Crippen LogP contribution in [0.3, 0.4) is 0 Å². The number of carboxylic acid groups (broad SMARTS) is 1. The molecule has 0 radical (unpaired) electrons. The third kappa shape index (κ3) is 2.23. The van der Waals surface area contributed by atoms with Crippen LogP contribution in [-0.4, -0.2) is 27.1 Å². The summed E-state index contributed by atoms with van der Waals surface area (Å²) in [4.78, 5) is 19.7. The van der Waals surface area contributed by atoms with Crippen LogP contribution in [-0.2, 0) is 17.6 Å². The molecule has 0 aliphatic heterocycles. The topological polar surface area (TPSA) is 75.1 Å². The lowest BCUT2D eigenvalue weighted by molar-refractivity contribution is -0.142. The fraction of sp³-hybridized carbons (Fsp3) is 0.583. The molecule has 2 aliphatic rings. The summed E-state index contributed by atoms with van der Waals surface area (Å²) in [5.74, 6) is -0.288. The molecular formula is C12H15N3O2. The number of anilines is 1. The summed E-state index contributed by atoms with van der Waals surface area (Å²) < 4.78 is 0. The predicted molar refractivity (Wildman–Crippen MR) is 61.8 cm³/mol. The van der Waals surface area contributed by atoms with Gasteiger partial charge in [-0.2, -0.15) is 0 Å². The van der Waals surface area contributed by atoms with Crippen molar-refractivity contribution in [1.82, 2.24) is 9.97 Å². The molecule has 1 atom stereocenters. The molecule has 0 bridgehead atoms. The Kier molecular flexibility index (Phi) is 2.46. The Balaban J connectivity index is 1.77. The van der Waals surface area contributed by atoms with Gasteiger partial charge in [-0.15, -0.1) is 0 Å². The second-order valence-corrected chi connectivity index (χ2v) is 4.86. The van der Waals surface area contributed by atoms with Crippen molar-refractivity contribution in [3.8, 4) is 0 Å². The van der Waals surface area contributed by atoms with E-state index in [2.05, 4.69) is 15.3 Å². The van der Waals surface area contributed by atoms with Crippen molar-refractivity contribution < 1.29 is 9.90 Å². The smallest absolute Gasteiger partial charge is 0.306 e. The predicted octanol–water partition coefficient (Wildman–Crippen LogP) is 1.24. The van der Waals surface area contributed by atoms with Crippen LogP contribution in [0, 0.1) is 5.92 Å². The van der Waals surface area contributed by atoms with Gasteiger partial charge in [0.25, 0.3) is 0 Å². The zero-order chi connectivity index (χ0) is 11.8. The van der Waals surface area contributed by atoms with Crippen LogP contribution in [0.25, 0.3) is 0 Å². The maximum absolute atomic E-state index is 10.9. The van der Waals surface area contributed by atoms with Gasteiger partial charge in [0.2, 0.25) is 5.95 Å². The maximum atomic E-state index is 10.9. The van der Waals surface area contributed by atoms with Crippen molar-refractivity contribution in [3.63, 3.8) is 0 Å². The summed E-state index contributed by atoms with van der Waals surface area (Å²) >= 11 is 0. The van der Waals surface area contributed by atoms with E-state index in [0.29, 0.717) is 24.8 Å². The van der Waals surface area contributed by atoms with Crippen LogP contribution < -0.4 is 5.32 Å². The molecule has 17 heavy (non-hydrogen) atoms. The van der Waals surface area contributed by atoms with Gasteiger partial charge in [0.15, 0.2) is 0 Å². The second-order valence-electron chi connectivity index (χ2n) is 4.86. The van der Waals surface area contributed by atoms with E-state index < -0.39 is 5.97 Å². The van der Waals surface area contributed by atoms with Gasteiger partial charge < -0.3 is 10.4 Å². The van der Waals surface area contributed by atoms with Crippen molar-refractivity contribution in [2.75, 3.05) is 5.32 Å². The second kappa shape index (κ2) is 3.98. The number of carboxylic acids is 1. The molecule has 1 saturated carbocycles. The van der Waals surface area contributed by atoms with E-state index in [4.69, 9.17) is 5.11 Å². The van der Waals surface area contributed by atoms with Crippen LogP contribution in [0.1, 0.15) is 30.5 Å². The molecule has 5 nitrogen and oxygen atoms in total. The van der Waals surface area contributed by atoms with Gasteiger partial charge in [-0.05, 0) is 37.7 Å². The maximum Gasteiger partial charge on any atom is 0.306 e. The Bertz CT molecular complexity index is 457. The van der Waals surface area contributed by atoms with Crippen LogP contribution in [0.2, 0.25) is 0 Å². The third-order valence-corrected chi connectivity index (χ3v) is 3.41. The van der Waals surface area contributed by atoms with Crippen molar-refractivity contribution in [2.24, 2.45) is 5.92 Å². The number of nitrogens with one attached hydrogen (secondary N) is 1. The monoisotopic (exact) mass is 233 g/mol. The molecular weight excluding hydrogens is 218 g/mol. The average molecular weight is 233 g/mol. The van der Waals surface area contributed by atoms with Crippen LogP contribution in [0.5, 0.6) is 0 Å². The van der Waals surface area contributed by atoms with Gasteiger partial charge in [-0.1, -0.05) is 0 Å². The quantitative estimate of drug-likeness (QED) is 0.821. The third-order valence-electron chi connectivity index (χ3n) is 3.41. The Morgan fingerprint density at radius 2 is 2.24 bits per heavy atom. The number of aliphatic carboxylic acids is 1. The van der Waals surface area contributed by atoms with Gasteiger partial charge in [0, 0.05) is 17.9 Å². The molecule has 1 aromatic rings. The zero-order valence-electron chi connectivity index (χ0n) is 9.52. The van der Waals surface area contributed by atoms with E-state index in [0.717, 1.165) is 17.7 Å². The van der Waals surface area contributed by atoms with Crippen LogP contribution in [0.15, 0.2) is 6.20 Å². The van der Waals surface area contributed by atoms with Crippen molar-refractivity contribution in [3.05, 3.63) is 17.5 Å². The minimum atomic E-state index is -0.712. The van der Waals surface area contributed by atoms with E-state index in [1.54, 1.807) is 6.20 Å². The lowest BCUT2D eigenvalue weighted by atomic mass is 9.87. The van der Waals surface area contributed by atoms with Gasteiger partial charge in [0.1, 0.15) is 0 Å². The zero-order valence-corrected chi connectivity index (χ0v) is 9.52. The molecule has 1 heterocycles. The summed E-state index contributed by atoms with van der Waals surface area (Å²) in [6.07, 6.45) is 6.16. The Hall–Kier alpha value is -1.65. The molecule has 1 fully saturated rings. The average Bonchev–Trinajstić information content (AvgIpc) is 3.12. The van der Waals surface area contributed by atoms with Crippen molar-refractivity contribution in [2.45, 2.75) is 38.1 Å². The number of rotatable bonds is 3. The van der Waals surface area contributed by atoms with E-state index in [-0.39, 0.29) is 5.92 Å². The van der Waals surface area contributed by atoms with Gasteiger partial charge >= 0.3 is 5.97 Å². The van der Waals surface area contributed by atoms with Crippen LogP contribution in [0.4, 0.5) is 5.95 Å². The summed E-state index contributed by atoms with van der Waals surface area (Å²) in [5, 5.41) is 12.3. The van der Waals surface area contributed by atoms with Gasteiger partial charge in [0.05, 0.1) is 5.92 Å². The first kappa shape index (κ1) is 10.5. The first-order valence-electron chi connectivity index (χ1n) is 6.06. The van der Waals surface area contributed by atoms with Gasteiger partial charge in [-0.3, -0.25) is 4.79 Å². The Morgan fingerprint density at radius 3 is 2.94 bits per heavy atom. The normalized spacial score (nSPS) is 22.9. The number of carbonyl (C=O) groups is 1. The fourth-order valence-corrected chi connectivity index (χ4v) is 2.20. The summed E-state index contributed by atoms with van der Waals surface area (Å²) in [6.45, 7) is 0. The molecule has 0 amide bonds. The molecule has 3 rings (SSSR count). The summed E-state index contributed by atoms with van der Waals surface area (Å²) in [6, 6.07) is 0.545. The van der Waals surface area contributed by atoms with E-state index in [1.165, 1.54) is 12.8 Å². The Morgan fingerprint density at radius 1 is 1.41 bits per heavy atom. The highest BCUT2D eigenvalue weighted by atomic mass is 16.4. The molecule has 0 aromatic carbocycles. The molecule has 5 heteroatoms. The van der Waals surface area contributed by atoms with E-state index in [9.17, 15) is 4.79 Å². The highest BCUT2D eigenvalue weighted by Crippen LogP contribution is 2.27. The molecule has 2 N–H and O–H groups in total. The van der Waals surface area contributed by atoms with E-state index >= 15 is 0 Å². The van der Waals surface area contributed by atoms with Crippen molar-refractivity contribution in [1.29, 1.82) is 0 Å². The lowest BCUT2D eigenvalue weighted by Crippen LogP contribution is -2.23. The van der Waals surface area contributed by atoms with Gasteiger partial charge in [-0.25, -0.2) is 9.97 Å². The number of fused-ring (bicyclic) bond motifs is 1. The summed E-state index contributed by atoms with van der Waals surface area (Å²) in [7, 11) is 0. The molecule has 1 unspecified atom stereocenters. The first-order chi connectivity index (χ1) is 8.22. The summed E-state index contributed by atoms with van der Waals surface area (Å²) in [5.41, 5.74) is 2.01. The highest BCUT2D eigenvalue weighted by molar-refractivity contribution is 5.70. The number of hydrogen-bond donors (Lipinski definition) is 2. The van der Waals surface area contributed by atoms with E-state index in [1.807, 2.05) is 0 Å². The number of aryl methyl sites for hydroxylation is 1. The Labute approximate surface area is 99.3 Å².